The molecule has 0 spiro atoms. The summed E-state index contributed by atoms with van der Waals surface area (Å²) in [6, 6.07) is 14.6. The van der Waals surface area contributed by atoms with E-state index < -0.39 is 0 Å². The van der Waals surface area contributed by atoms with Crippen LogP contribution in [0.15, 0.2) is 46.9 Å². The number of hydrogen-bond donors (Lipinski definition) is 0. The highest BCUT2D eigenvalue weighted by Gasteiger charge is 2.03. The maximum absolute atomic E-state index is 5.74. The molecular formula is C20H22N2O. The zero-order chi connectivity index (χ0) is 16.2. The highest BCUT2D eigenvalue weighted by Crippen LogP contribution is 2.19. The number of anilines is 1. The van der Waals surface area contributed by atoms with Crippen LogP contribution in [0.1, 0.15) is 30.9 Å². The van der Waals surface area contributed by atoms with Gasteiger partial charge in [0.2, 0.25) is 5.89 Å². The van der Waals surface area contributed by atoms with Crippen LogP contribution in [-0.2, 0) is 0 Å². The molecule has 0 saturated heterocycles. The van der Waals surface area contributed by atoms with Gasteiger partial charge in [-0.15, -0.1) is 0 Å². The summed E-state index contributed by atoms with van der Waals surface area (Å²) in [7, 11) is 0. The van der Waals surface area contributed by atoms with Crippen LogP contribution in [0.3, 0.4) is 0 Å². The Morgan fingerprint density at radius 1 is 1.00 bits per heavy atom. The summed E-state index contributed by atoms with van der Waals surface area (Å²) in [5.41, 5.74) is 5.31. The summed E-state index contributed by atoms with van der Waals surface area (Å²) in [6.45, 7) is 8.45. The van der Waals surface area contributed by atoms with Crippen molar-refractivity contribution in [1.29, 1.82) is 0 Å². The molecule has 23 heavy (non-hydrogen) atoms. The Kier molecular flexibility index (Phi) is 4.47. The molecule has 0 fully saturated rings. The first kappa shape index (κ1) is 15.3. The second kappa shape index (κ2) is 6.69. The van der Waals surface area contributed by atoms with Crippen molar-refractivity contribution < 1.29 is 4.42 Å². The number of aryl methyl sites for hydroxylation is 1. The lowest BCUT2D eigenvalue weighted by Gasteiger charge is -2.20. The normalized spacial score (nSPS) is 11.4. The largest absolute Gasteiger partial charge is 0.437 e. The molecule has 3 aromatic rings. The average Bonchev–Trinajstić information content (AvgIpc) is 2.97. The van der Waals surface area contributed by atoms with E-state index in [1.54, 1.807) is 0 Å². The van der Waals surface area contributed by atoms with Crippen molar-refractivity contribution >= 4 is 28.9 Å². The third-order valence-corrected chi connectivity index (χ3v) is 4.00. The van der Waals surface area contributed by atoms with Crippen molar-refractivity contribution in [3.8, 4) is 0 Å². The van der Waals surface area contributed by atoms with Crippen LogP contribution in [0, 0.1) is 6.92 Å². The molecule has 0 aliphatic rings. The van der Waals surface area contributed by atoms with Gasteiger partial charge in [0.05, 0.1) is 0 Å². The summed E-state index contributed by atoms with van der Waals surface area (Å²) in [5.74, 6) is 0.637. The van der Waals surface area contributed by atoms with Gasteiger partial charge in [0.25, 0.3) is 0 Å². The second-order valence-electron chi connectivity index (χ2n) is 5.62. The van der Waals surface area contributed by atoms with Crippen molar-refractivity contribution in [3.05, 3.63) is 59.5 Å². The molecule has 0 unspecified atom stereocenters. The third kappa shape index (κ3) is 3.45. The average molecular weight is 306 g/mol. The molecule has 1 aromatic heterocycles. The van der Waals surface area contributed by atoms with Gasteiger partial charge in [-0.25, -0.2) is 4.98 Å². The Bertz CT molecular complexity index is 811. The van der Waals surface area contributed by atoms with E-state index in [1.807, 2.05) is 30.4 Å². The lowest BCUT2D eigenvalue weighted by molar-refractivity contribution is 0.589. The molecule has 3 rings (SSSR count). The Balaban J connectivity index is 1.78. The topological polar surface area (TPSA) is 29.3 Å². The Labute approximate surface area is 137 Å². The Morgan fingerprint density at radius 3 is 2.43 bits per heavy atom. The highest BCUT2D eigenvalue weighted by atomic mass is 16.3. The van der Waals surface area contributed by atoms with Gasteiger partial charge in [0.15, 0.2) is 5.58 Å². The third-order valence-electron chi connectivity index (χ3n) is 4.00. The van der Waals surface area contributed by atoms with Crippen LogP contribution in [0.5, 0.6) is 0 Å². The number of aromatic nitrogens is 1. The van der Waals surface area contributed by atoms with Gasteiger partial charge in [-0.05, 0) is 62.2 Å². The molecule has 0 atom stereocenters. The fraction of sp³-hybridized carbons (Fsp3) is 0.250. The minimum Gasteiger partial charge on any atom is -0.437 e. The van der Waals surface area contributed by atoms with E-state index in [0.717, 1.165) is 29.8 Å². The van der Waals surface area contributed by atoms with Gasteiger partial charge >= 0.3 is 0 Å². The summed E-state index contributed by atoms with van der Waals surface area (Å²) >= 11 is 0. The molecule has 0 bridgehead atoms. The molecule has 2 aromatic carbocycles. The van der Waals surface area contributed by atoms with E-state index in [1.165, 1.54) is 11.3 Å². The SMILES string of the molecule is CCN(CC)c1ccc(C=Cc2nc3cc(C)ccc3o2)cc1. The van der Waals surface area contributed by atoms with Crippen LogP contribution < -0.4 is 4.90 Å². The van der Waals surface area contributed by atoms with E-state index in [2.05, 4.69) is 54.9 Å². The van der Waals surface area contributed by atoms with Crippen LogP contribution >= 0.6 is 0 Å². The molecule has 0 aliphatic carbocycles. The van der Waals surface area contributed by atoms with E-state index in [9.17, 15) is 0 Å². The predicted octanol–water partition coefficient (Wildman–Crippen LogP) is 5.15. The van der Waals surface area contributed by atoms with Crippen molar-refractivity contribution in [1.82, 2.24) is 4.98 Å². The van der Waals surface area contributed by atoms with Crippen LogP contribution in [0.4, 0.5) is 5.69 Å². The van der Waals surface area contributed by atoms with E-state index in [-0.39, 0.29) is 0 Å². The Hall–Kier alpha value is -2.55. The molecule has 0 saturated carbocycles. The summed E-state index contributed by atoms with van der Waals surface area (Å²) < 4.78 is 5.74. The number of fused-ring (bicyclic) bond motifs is 1. The van der Waals surface area contributed by atoms with Crippen molar-refractivity contribution in [2.24, 2.45) is 0 Å². The van der Waals surface area contributed by atoms with Gasteiger partial charge in [0.1, 0.15) is 5.52 Å². The van der Waals surface area contributed by atoms with Gasteiger partial charge in [-0.3, -0.25) is 0 Å². The number of rotatable bonds is 5. The lowest BCUT2D eigenvalue weighted by atomic mass is 10.2. The van der Waals surface area contributed by atoms with Crippen molar-refractivity contribution in [3.63, 3.8) is 0 Å². The quantitative estimate of drug-likeness (QED) is 0.652. The lowest BCUT2D eigenvalue weighted by Crippen LogP contribution is -2.21. The molecule has 3 nitrogen and oxygen atoms in total. The van der Waals surface area contributed by atoms with E-state index in [4.69, 9.17) is 4.42 Å². The van der Waals surface area contributed by atoms with Crippen molar-refractivity contribution in [2.45, 2.75) is 20.8 Å². The van der Waals surface area contributed by atoms with E-state index >= 15 is 0 Å². The van der Waals surface area contributed by atoms with Gasteiger partial charge < -0.3 is 9.32 Å². The highest BCUT2D eigenvalue weighted by molar-refractivity contribution is 5.76. The number of nitrogens with zero attached hydrogens (tertiary/aromatic N) is 2. The molecular weight excluding hydrogens is 284 g/mol. The maximum Gasteiger partial charge on any atom is 0.220 e. The summed E-state index contributed by atoms with van der Waals surface area (Å²) in [4.78, 5) is 6.83. The summed E-state index contributed by atoms with van der Waals surface area (Å²) in [5, 5.41) is 0. The van der Waals surface area contributed by atoms with Crippen LogP contribution in [-0.4, -0.2) is 18.1 Å². The first-order valence-corrected chi connectivity index (χ1v) is 8.10. The molecule has 3 heteroatoms. The molecule has 0 aliphatic heterocycles. The fourth-order valence-corrected chi connectivity index (χ4v) is 2.68. The zero-order valence-electron chi connectivity index (χ0n) is 13.9. The zero-order valence-corrected chi connectivity index (χ0v) is 13.9. The predicted molar refractivity (Wildman–Crippen MR) is 97.7 cm³/mol. The fourth-order valence-electron chi connectivity index (χ4n) is 2.68. The van der Waals surface area contributed by atoms with Crippen LogP contribution in [0.25, 0.3) is 23.3 Å². The minimum absolute atomic E-state index is 0.637. The molecule has 0 radical (unpaired) electrons. The van der Waals surface area contributed by atoms with Gasteiger partial charge in [-0.2, -0.15) is 0 Å². The van der Waals surface area contributed by atoms with Crippen LogP contribution in [0.2, 0.25) is 0 Å². The monoisotopic (exact) mass is 306 g/mol. The molecule has 0 amide bonds. The standard InChI is InChI=1S/C20H22N2O/c1-4-22(5-2)17-10-7-16(8-11-17)9-13-20-21-18-14-15(3)6-12-19(18)23-20/h6-14H,4-5H2,1-3H3. The summed E-state index contributed by atoms with van der Waals surface area (Å²) in [6.07, 6.45) is 3.95. The first-order chi connectivity index (χ1) is 11.2. The van der Waals surface area contributed by atoms with Crippen molar-refractivity contribution in [2.75, 3.05) is 18.0 Å². The number of oxazole rings is 1. The minimum atomic E-state index is 0.637. The smallest absolute Gasteiger partial charge is 0.220 e. The maximum atomic E-state index is 5.74. The molecule has 0 N–H and O–H groups in total. The molecule has 1 heterocycles. The molecule has 118 valence electrons. The van der Waals surface area contributed by atoms with Gasteiger partial charge in [-0.1, -0.05) is 18.2 Å². The van der Waals surface area contributed by atoms with Gasteiger partial charge in [0, 0.05) is 24.9 Å². The number of hydrogen-bond acceptors (Lipinski definition) is 3. The number of benzene rings is 2. The first-order valence-electron chi connectivity index (χ1n) is 8.10. The Morgan fingerprint density at radius 2 is 1.74 bits per heavy atom. The van der Waals surface area contributed by atoms with E-state index in [0.29, 0.717) is 5.89 Å². The second-order valence-corrected chi connectivity index (χ2v) is 5.62.